The van der Waals surface area contributed by atoms with Gasteiger partial charge in [-0.05, 0) is 71.2 Å². The molecule has 0 aliphatic rings. The fourth-order valence-corrected chi connectivity index (χ4v) is 5.44. The summed E-state index contributed by atoms with van der Waals surface area (Å²) >= 11 is 0. The minimum absolute atomic E-state index is 0. The molecule has 6 heteroatoms. The van der Waals surface area contributed by atoms with Crippen molar-refractivity contribution in [2.24, 2.45) is 0 Å². The van der Waals surface area contributed by atoms with Crippen LogP contribution in [-0.2, 0) is 26.5 Å². The number of aryl methyl sites for hydroxylation is 2. The Morgan fingerprint density at radius 2 is 1.73 bits per heavy atom. The number of hydrogen-bond acceptors (Lipinski definition) is 2. The van der Waals surface area contributed by atoms with E-state index in [0.29, 0.717) is 17.3 Å². The molecular weight excluding hydrogens is 724 g/mol. The molecule has 0 bridgehead atoms. The van der Waals surface area contributed by atoms with Crippen molar-refractivity contribution in [1.29, 1.82) is 0 Å². The third kappa shape index (κ3) is 5.49. The average molecular weight is 759 g/mol. The maximum Gasteiger partial charge on any atom is 0.267 e. The van der Waals surface area contributed by atoms with Gasteiger partial charge in [0.1, 0.15) is 5.82 Å². The van der Waals surface area contributed by atoms with E-state index in [1.807, 2.05) is 80.7 Å². The van der Waals surface area contributed by atoms with Crippen LogP contribution in [0.5, 0.6) is 11.5 Å². The van der Waals surface area contributed by atoms with Crippen LogP contribution in [0.4, 0.5) is 0 Å². The number of hydrogen-bond donors (Lipinski definition) is 0. The standard InChI is InChI=1S/C38H32N4O.Pt/c1-26-17-18-39-37(21-26)42-35-12-7-6-11-32(35)33-15-14-31(24-36(33)42)43-30-10-8-9-29(23-30)40-19-20-41(25-40)34-16-13-28(22-27(34)2)38(3,4)5;/h6-22H,1-5H3;/q-2;/i1D3;. The van der Waals surface area contributed by atoms with Crippen LogP contribution in [0.15, 0.2) is 104 Å². The number of para-hydroxylation sites is 1. The molecule has 0 saturated heterocycles. The van der Waals surface area contributed by atoms with Crippen molar-refractivity contribution in [1.82, 2.24) is 14.1 Å². The molecule has 7 rings (SSSR count). The van der Waals surface area contributed by atoms with E-state index >= 15 is 0 Å². The van der Waals surface area contributed by atoms with Gasteiger partial charge in [0, 0.05) is 60.8 Å². The normalized spacial score (nSPS) is 12.9. The summed E-state index contributed by atoms with van der Waals surface area (Å²) in [4.78, 5) is 4.54. The summed E-state index contributed by atoms with van der Waals surface area (Å²) in [6.07, 6.45) is 8.86. The number of imidazole rings is 1. The molecule has 0 amide bonds. The third-order valence-electron chi connectivity index (χ3n) is 7.67. The first-order chi connectivity index (χ1) is 22.0. The zero-order valence-electron chi connectivity index (χ0n) is 27.8. The van der Waals surface area contributed by atoms with Crippen molar-refractivity contribution in [3.05, 3.63) is 139 Å². The van der Waals surface area contributed by atoms with Gasteiger partial charge in [-0.1, -0.05) is 56.6 Å². The summed E-state index contributed by atoms with van der Waals surface area (Å²) in [6.45, 7) is 6.53. The van der Waals surface area contributed by atoms with E-state index < -0.39 is 6.85 Å². The molecule has 0 fully saturated rings. The van der Waals surface area contributed by atoms with Gasteiger partial charge in [0.2, 0.25) is 0 Å². The van der Waals surface area contributed by atoms with Gasteiger partial charge in [0.15, 0.2) is 0 Å². The van der Waals surface area contributed by atoms with Gasteiger partial charge < -0.3 is 13.9 Å². The summed E-state index contributed by atoms with van der Waals surface area (Å²) in [6, 6.07) is 34.0. The van der Waals surface area contributed by atoms with Crippen molar-refractivity contribution in [2.45, 2.75) is 40.0 Å². The third-order valence-corrected chi connectivity index (χ3v) is 7.67. The van der Waals surface area contributed by atoms with Crippen LogP contribution in [0.3, 0.4) is 0 Å². The molecule has 3 heterocycles. The Balaban J connectivity index is 0.00000386. The first-order valence-corrected chi connectivity index (χ1v) is 14.2. The van der Waals surface area contributed by atoms with E-state index in [-0.39, 0.29) is 32.0 Å². The number of rotatable bonds is 5. The van der Waals surface area contributed by atoms with E-state index in [4.69, 9.17) is 8.85 Å². The van der Waals surface area contributed by atoms with Crippen LogP contribution in [0, 0.1) is 32.2 Å². The molecule has 5 nitrogen and oxygen atoms in total. The van der Waals surface area contributed by atoms with Crippen LogP contribution in [0.2, 0.25) is 0 Å². The molecule has 4 aromatic carbocycles. The molecule has 0 saturated carbocycles. The summed E-state index contributed by atoms with van der Waals surface area (Å²) < 4.78 is 35.8. The topological polar surface area (TPSA) is 35.9 Å². The monoisotopic (exact) mass is 758 g/mol. The molecular formula is C38H32N4OPt-2. The Hall–Kier alpha value is -4.47. The number of benzene rings is 4. The van der Waals surface area contributed by atoms with Gasteiger partial charge in [0.05, 0.1) is 5.69 Å². The van der Waals surface area contributed by atoms with E-state index in [0.717, 1.165) is 33.2 Å². The molecule has 222 valence electrons. The number of pyridine rings is 1. The molecule has 0 aliphatic carbocycles. The van der Waals surface area contributed by atoms with Gasteiger partial charge >= 0.3 is 0 Å². The Morgan fingerprint density at radius 1 is 0.886 bits per heavy atom. The largest absolute Gasteiger partial charge is 0.510 e. The summed E-state index contributed by atoms with van der Waals surface area (Å²) in [5.74, 6) is 1.53. The van der Waals surface area contributed by atoms with E-state index in [1.54, 1.807) is 6.07 Å². The zero-order valence-corrected chi connectivity index (χ0v) is 27.1. The van der Waals surface area contributed by atoms with E-state index in [2.05, 4.69) is 69.3 Å². The van der Waals surface area contributed by atoms with Crippen molar-refractivity contribution < 1.29 is 34.5 Å². The molecule has 7 aromatic rings. The molecule has 0 unspecified atom stereocenters. The summed E-state index contributed by atoms with van der Waals surface area (Å²) in [5.41, 5.74) is 6.25. The maximum atomic E-state index is 7.90. The maximum absolute atomic E-state index is 7.90. The Bertz CT molecular complexity index is 2240. The van der Waals surface area contributed by atoms with Crippen molar-refractivity contribution in [3.63, 3.8) is 0 Å². The first-order valence-electron chi connectivity index (χ1n) is 15.7. The van der Waals surface area contributed by atoms with Gasteiger partial charge in [-0.3, -0.25) is 4.57 Å². The van der Waals surface area contributed by atoms with Crippen LogP contribution >= 0.6 is 0 Å². The molecule has 0 radical (unpaired) electrons. The van der Waals surface area contributed by atoms with Crippen molar-refractivity contribution in [2.75, 3.05) is 0 Å². The molecule has 0 spiro atoms. The Morgan fingerprint density at radius 3 is 2.55 bits per heavy atom. The van der Waals surface area contributed by atoms with Gasteiger partial charge in [-0.15, -0.1) is 29.7 Å². The predicted molar refractivity (Wildman–Crippen MR) is 171 cm³/mol. The fourth-order valence-electron chi connectivity index (χ4n) is 5.44. The SMILES string of the molecule is [2H]C([2H])([2H])c1ccnc(-n2c3[c-]c(Oc4[c-]c(-n5[c-][n+](-c6ccc(C(C)(C)C)cc6C)cc5)ccc4)ccc3c3ccccc32)c1.[Pt]. The molecule has 44 heavy (non-hydrogen) atoms. The molecule has 0 aliphatic heterocycles. The Kier molecular flexibility index (Phi) is 6.82. The molecule has 3 aromatic heterocycles. The minimum atomic E-state index is -2.25. The number of fused-ring (bicyclic) bond motifs is 3. The second-order valence-electron chi connectivity index (χ2n) is 11.7. The number of aromatic nitrogens is 4. The van der Waals surface area contributed by atoms with E-state index in [9.17, 15) is 0 Å². The quantitative estimate of drug-likeness (QED) is 0.131. The van der Waals surface area contributed by atoms with Crippen LogP contribution in [-0.4, -0.2) is 14.1 Å². The summed E-state index contributed by atoms with van der Waals surface area (Å²) in [5, 5.41) is 1.97. The summed E-state index contributed by atoms with van der Waals surface area (Å²) in [7, 11) is 0. The second kappa shape index (κ2) is 11.6. The molecule has 0 N–H and O–H groups in total. The van der Waals surface area contributed by atoms with Gasteiger partial charge in [-0.2, -0.15) is 18.2 Å². The Labute approximate surface area is 276 Å². The van der Waals surface area contributed by atoms with Gasteiger partial charge in [0.25, 0.3) is 6.33 Å². The number of ether oxygens (including phenoxy) is 1. The second-order valence-corrected chi connectivity index (χ2v) is 11.7. The minimum Gasteiger partial charge on any atom is -0.510 e. The van der Waals surface area contributed by atoms with Crippen molar-refractivity contribution >= 4 is 21.8 Å². The molecule has 0 atom stereocenters. The predicted octanol–water partition coefficient (Wildman–Crippen LogP) is 8.35. The van der Waals surface area contributed by atoms with E-state index in [1.165, 1.54) is 23.4 Å². The zero-order chi connectivity index (χ0) is 32.2. The van der Waals surface area contributed by atoms with Crippen LogP contribution in [0.25, 0.3) is 39.0 Å². The number of nitrogens with zero attached hydrogens (tertiary/aromatic N) is 4. The average Bonchev–Trinajstić information content (AvgIpc) is 3.64. The van der Waals surface area contributed by atoms with Crippen LogP contribution in [0.1, 0.15) is 41.6 Å². The van der Waals surface area contributed by atoms with Crippen molar-refractivity contribution in [3.8, 4) is 28.7 Å². The van der Waals surface area contributed by atoms with Gasteiger partial charge in [-0.25, -0.2) is 4.98 Å². The smallest absolute Gasteiger partial charge is 0.267 e. The fraction of sp³-hybridized carbons (Fsp3) is 0.158. The van der Waals surface area contributed by atoms with Crippen LogP contribution < -0.4 is 9.30 Å². The first kappa shape index (κ1) is 26.0.